The normalized spacial score (nSPS) is 16.0. The minimum atomic E-state index is 0.362. The summed E-state index contributed by atoms with van der Waals surface area (Å²) >= 11 is 0. The molecule has 6 heteroatoms. The Morgan fingerprint density at radius 1 is 1.23 bits per heavy atom. The summed E-state index contributed by atoms with van der Waals surface area (Å²) in [6, 6.07) is 10.2. The molecule has 1 aliphatic heterocycles. The highest BCUT2D eigenvalue weighted by Crippen LogP contribution is 2.15. The van der Waals surface area contributed by atoms with E-state index in [1.807, 2.05) is 30.5 Å². The molecule has 0 atom stereocenters. The van der Waals surface area contributed by atoms with Gasteiger partial charge in [0.2, 0.25) is 0 Å². The Morgan fingerprint density at radius 3 is 2.92 bits per heavy atom. The highest BCUT2D eigenvalue weighted by molar-refractivity contribution is 5.83. The van der Waals surface area contributed by atoms with Gasteiger partial charge < -0.3 is 20.1 Å². The molecule has 0 saturated carbocycles. The lowest BCUT2D eigenvalue weighted by Gasteiger charge is -2.22. The first-order chi connectivity index (χ1) is 12.9. The van der Waals surface area contributed by atoms with Crippen LogP contribution in [0.1, 0.15) is 24.8 Å². The van der Waals surface area contributed by atoms with Crippen molar-refractivity contribution in [1.82, 2.24) is 15.6 Å². The first kappa shape index (κ1) is 18.6. The van der Waals surface area contributed by atoms with Crippen molar-refractivity contribution in [3.63, 3.8) is 0 Å². The molecule has 0 aliphatic carbocycles. The molecule has 0 unspecified atom stereocenters. The van der Waals surface area contributed by atoms with E-state index >= 15 is 0 Å². The van der Waals surface area contributed by atoms with Crippen molar-refractivity contribution in [2.24, 2.45) is 4.99 Å². The molecule has 3 rings (SSSR count). The number of hydrogen-bond donors (Lipinski definition) is 2. The van der Waals surface area contributed by atoms with Crippen molar-refractivity contribution in [3.05, 3.63) is 42.1 Å². The average Bonchev–Trinajstić information content (AvgIpc) is 2.71. The summed E-state index contributed by atoms with van der Waals surface area (Å²) in [5.41, 5.74) is 2.22. The summed E-state index contributed by atoms with van der Waals surface area (Å²) < 4.78 is 11.2. The molecule has 0 radical (unpaired) electrons. The smallest absolute Gasteiger partial charge is 0.191 e. The Morgan fingerprint density at radius 2 is 2.08 bits per heavy atom. The summed E-state index contributed by atoms with van der Waals surface area (Å²) in [7, 11) is 1.79. The number of para-hydroxylation sites is 1. The van der Waals surface area contributed by atoms with E-state index in [2.05, 4.69) is 26.7 Å². The molecule has 1 aliphatic rings. The molecule has 0 bridgehead atoms. The zero-order chi connectivity index (χ0) is 18.0. The van der Waals surface area contributed by atoms with Crippen LogP contribution in [0.25, 0.3) is 10.9 Å². The first-order valence-corrected chi connectivity index (χ1v) is 9.33. The van der Waals surface area contributed by atoms with Gasteiger partial charge in [-0.15, -0.1) is 0 Å². The predicted molar refractivity (Wildman–Crippen MR) is 104 cm³/mol. The van der Waals surface area contributed by atoms with Crippen molar-refractivity contribution in [2.45, 2.75) is 31.9 Å². The minimum Gasteiger partial charge on any atom is -0.381 e. The third-order valence-electron chi connectivity index (χ3n) is 4.54. The fourth-order valence-corrected chi connectivity index (χ4v) is 3.08. The highest BCUT2D eigenvalue weighted by atomic mass is 16.5. The van der Waals surface area contributed by atoms with E-state index in [0.717, 1.165) is 57.1 Å². The molecule has 1 aromatic heterocycles. The molecular formula is C20H28N4O2. The molecular weight excluding hydrogens is 328 g/mol. The lowest BCUT2D eigenvalue weighted by molar-refractivity contribution is -0.0320. The number of benzene rings is 1. The van der Waals surface area contributed by atoms with E-state index in [0.29, 0.717) is 12.6 Å². The van der Waals surface area contributed by atoms with Gasteiger partial charge in [0.05, 0.1) is 11.6 Å². The number of ether oxygens (including phenoxy) is 2. The number of nitrogens with one attached hydrogen (secondary N) is 2. The standard InChI is InChI=1S/C20H28N4O2/c1-21-20(23-10-4-12-26-17-8-13-25-14-9-17)24-15-16-7-11-22-19-6-3-2-5-18(16)19/h2-3,5-7,11,17H,4,8-10,12-15H2,1H3,(H2,21,23,24). The van der Waals surface area contributed by atoms with Crippen LogP contribution in [0, 0.1) is 0 Å². The number of fused-ring (bicyclic) bond motifs is 1. The van der Waals surface area contributed by atoms with E-state index < -0.39 is 0 Å². The van der Waals surface area contributed by atoms with Crippen LogP contribution in [0.5, 0.6) is 0 Å². The number of pyridine rings is 1. The molecule has 0 amide bonds. The average molecular weight is 356 g/mol. The summed E-state index contributed by atoms with van der Waals surface area (Å²) in [5, 5.41) is 7.89. The van der Waals surface area contributed by atoms with Gasteiger partial charge >= 0.3 is 0 Å². The molecule has 1 fully saturated rings. The Labute approximate surface area is 155 Å². The van der Waals surface area contributed by atoms with Crippen LogP contribution in [0.2, 0.25) is 0 Å². The highest BCUT2D eigenvalue weighted by Gasteiger charge is 2.13. The van der Waals surface area contributed by atoms with Gasteiger partial charge in [-0.2, -0.15) is 0 Å². The fraction of sp³-hybridized carbons (Fsp3) is 0.500. The van der Waals surface area contributed by atoms with Gasteiger partial charge in [0.15, 0.2) is 5.96 Å². The van der Waals surface area contributed by atoms with Crippen LogP contribution >= 0.6 is 0 Å². The molecule has 1 saturated heterocycles. The number of hydrogen-bond acceptors (Lipinski definition) is 4. The Balaban J connectivity index is 1.39. The second-order valence-electron chi connectivity index (χ2n) is 6.38. The molecule has 26 heavy (non-hydrogen) atoms. The number of rotatable bonds is 7. The van der Waals surface area contributed by atoms with Gasteiger partial charge in [0.1, 0.15) is 0 Å². The van der Waals surface area contributed by atoms with Crippen molar-refractivity contribution >= 4 is 16.9 Å². The maximum absolute atomic E-state index is 5.89. The lowest BCUT2D eigenvalue weighted by Crippen LogP contribution is -2.37. The first-order valence-electron chi connectivity index (χ1n) is 9.33. The quantitative estimate of drug-likeness (QED) is 0.453. The number of aliphatic imine (C=N–C) groups is 1. The van der Waals surface area contributed by atoms with Gasteiger partial charge in [-0.1, -0.05) is 18.2 Å². The van der Waals surface area contributed by atoms with Crippen LogP contribution in [-0.2, 0) is 16.0 Å². The Hall–Kier alpha value is -2.18. The van der Waals surface area contributed by atoms with Crippen LogP contribution in [-0.4, -0.2) is 50.5 Å². The molecule has 6 nitrogen and oxygen atoms in total. The van der Waals surface area contributed by atoms with E-state index in [-0.39, 0.29) is 0 Å². The van der Waals surface area contributed by atoms with E-state index in [1.165, 1.54) is 10.9 Å². The van der Waals surface area contributed by atoms with Gasteiger partial charge in [0.25, 0.3) is 0 Å². The molecule has 2 N–H and O–H groups in total. The molecule has 2 aromatic rings. The maximum Gasteiger partial charge on any atom is 0.191 e. The van der Waals surface area contributed by atoms with Gasteiger partial charge in [-0.05, 0) is 37.0 Å². The van der Waals surface area contributed by atoms with E-state index in [4.69, 9.17) is 9.47 Å². The summed E-state index contributed by atoms with van der Waals surface area (Å²) in [5.74, 6) is 0.803. The third kappa shape index (κ3) is 5.41. The summed E-state index contributed by atoms with van der Waals surface area (Å²) in [4.78, 5) is 8.69. The Kier molecular flexibility index (Phi) is 7.22. The molecule has 1 aromatic carbocycles. The summed E-state index contributed by atoms with van der Waals surface area (Å²) in [6.07, 6.45) is 5.19. The van der Waals surface area contributed by atoms with Crippen molar-refractivity contribution in [1.29, 1.82) is 0 Å². The number of aromatic nitrogens is 1. The van der Waals surface area contributed by atoms with Crippen molar-refractivity contribution < 1.29 is 9.47 Å². The van der Waals surface area contributed by atoms with Gasteiger partial charge in [-0.3, -0.25) is 9.98 Å². The van der Waals surface area contributed by atoms with E-state index in [1.54, 1.807) is 7.05 Å². The maximum atomic E-state index is 5.89. The van der Waals surface area contributed by atoms with Crippen LogP contribution in [0.15, 0.2) is 41.5 Å². The molecule has 2 heterocycles. The second-order valence-corrected chi connectivity index (χ2v) is 6.38. The lowest BCUT2D eigenvalue weighted by atomic mass is 10.1. The summed E-state index contributed by atoms with van der Waals surface area (Å²) in [6.45, 7) is 3.96. The van der Waals surface area contributed by atoms with E-state index in [9.17, 15) is 0 Å². The zero-order valence-corrected chi connectivity index (χ0v) is 15.4. The van der Waals surface area contributed by atoms with Crippen LogP contribution in [0.4, 0.5) is 0 Å². The minimum absolute atomic E-state index is 0.362. The largest absolute Gasteiger partial charge is 0.381 e. The predicted octanol–water partition coefficient (Wildman–Crippen LogP) is 2.49. The number of nitrogens with zero attached hydrogens (tertiary/aromatic N) is 2. The fourth-order valence-electron chi connectivity index (χ4n) is 3.08. The van der Waals surface area contributed by atoms with Crippen molar-refractivity contribution in [2.75, 3.05) is 33.4 Å². The zero-order valence-electron chi connectivity index (χ0n) is 15.4. The van der Waals surface area contributed by atoms with Crippen LogP contribution in [0.3, 0.4) is 0 Å². The third-order valence-corrected chi connectivity index (χ3v) is 4.54. The van der Waals surface area contributed by atoms with Gasteiger partial charge in [-0.25, -0.2) is 0 Å². The monoisotopic (exact) mass is 356 g/mol. The topological polar surface area (TPSA) is 67.8 Å². The van der Waals surface area contributed by atoms with Crippen LogP contribution < -0.4 is 10.6 Å². The van der Waals surface area contributed by atoms with Crippen molar-refractivity contribution in [3.8, 4) is 0 Å². The number of guanidine groups is 1. The molecule has 0 spiro atoms. The van der Waals surface area contributed by atoms with Gasteiger partial charge in [0, 0.05) is 51.5 Å². The SMILES string of the molecule is CN=C(NCCCOC1CCOCC1)NCc1ccnc2ccccc12. The Bertz CT molecular complexity index is 709. The molecule has 140 valence electrons. The second kappa shape index (κ2) is 10.1.